The quantitative estimate of drug-likeness (QED) is 0.630. The smallest absolute Gasteiger partial charge is 0.248 e. The van der Waals surface area contributed by atoms with E-state index in [-0.39, 0.29) is 22.9 Å². The van der Waals surface area contributed by atoms with E-state index < -0.39 is 0 Å². The van der Waals surface area contributed by atoms with E-state index in [1.54, 1.807) is 24.5 Å². The second kappa shape index (κ2) is 8.27. The third-order valence-electron chi connectivity index (χ3n) is 5.07. The number of Topliss-reactive ketones (excluding diaryl/α,β-unsaturated/α-hetero) is 1. The Labute approximate surface area is 151 Å². The standard InChI is InChI=1S/C10H14N2O.C10H11NO2/c11-9-4-2-1-3-7-5-10(13)12-6-8(7)9;12-9-4-2-1-3-7-5-10(13)11-6-8(7)9/h5-6,9H,1-4,11H2,(H,12,13);5-6H,1-4H2,(H,11,13). The summed E-state index contributed by atoms with van der Waals surface area (Å²) in [5, 5.41) is 0. The molecule has 0 saturated heterocycles. The zero-order valence-corrected chi connectivity index (χ0v) is 14.8. The largest absolute Gasteiger partial charge is 0.329 e. The lowest BCUT2D eigenvalue weighted by atomic mass is 10.0. The monoisotopic (exact) mass is 355 g/mol. The van der Waals surface area contributed by atoms with Crippen LogP contribution in [0.15, 0.2) is 34.1 Å². The van der Waals surface area contributed by atoms with Crippen molar-refractivity contribution in [2.45, 2.75) is 57.4 Å². The summed E-state index contributed by atoms with van der Waals surface area (Å²) in [6.45, 7) is 0. The van der Waals surface area contributed by atoms with Crippen LogP contribution in [0, 0.1) is 0 Å². The lowest BCUT2D eigenvalue weighted by molar-refractivity contribution is 0.0981. The molecule has 0 aliphatic heterocycles. The molecule has 26 heavy (non-hydrogen) atoms. The van der Waals surface area contributed by atoms with Crippen molar-refractivity contribution in [2.24, 2.45) is 5.73 Å². The number of ketones is 1. The summed E-state index contributed by atoms with van der Waals surface area (Å²) < 4.78 is 0. The van der Waals surface area contributed by atoms with Gasteiger partial charge in [0, 0.05) is 42.6 Å². The molecule has 4 rings (SSSR count). The van der Waals surface area contributed by atoms with E-state index >= 15 is 0 Å². The van der Waals surface area contributed by atoms with Gasteiger partial charge >= 0.3 is 0 Å². The van der Waals surface area contributed by atoms with E-state index in [0.29, 0.717) is 12.0 Å². The number of pyridine rings is 2. The number of rotatable bonds is 0. The van der Waals surface area contributed by atoms with Crippen molar-refractivity contribution in [3.8, 4) is 0 Å². The molecule has 1 atom stereocenters. The summed E-state index contributed by atoms with van der Waals surface area (Å²) >= 11 is 0. The molecule has 0 aromatic carbocycles. The highest BCUT2D eigenvalue weighted by Gasteiger charge is 2.16. The maximum Gasteiger partial charge on any atom is 0.248 e. The van der Waals surface area contributed by atoms with Crippen LogP contribution in [0.3, 0.4) is 0 Å². The Morgan fingerprint density at radius 2 is 1.42 bits per heavy atom. The molecule has 4 N–H and O–H groups in total. The zero-order chi connectivity index (χ0) is 18.5. The van der Waals surface area contributed by atoms with Crippen LogP contribution < -0.4 is 16.9 Å². The summed E-state index contributed by atoms with van der Waals surface area (Å²) in [7, 11) is 0. The van der Waals surface area contributed by atoms with Gasteiger partial charge in [0.2, 0.25) is 11.1 Å². The molecule has 0 bridgehead atoms. The summed E-state index contributed by atoms with van der Waals surface area (Å²) in [4.78, 5) is 38.8. The number of aromatic nitrogens is 2. The molecule has 2 aromatic rings. The van der Waals surface area contributed by atoms with Crippen molar-refractivity contribution < 1.29 is 4.79 Å². The van der Waals surface area contributed by atoms with E-state index in [9.17, 15) is 14.4 Å². The van der Waals surface area contributed by atoms with Crippen LogP contribution in [-0.2, 0) is 12.8 Å². The van der Waals surface area contributed by atoms with E-state index in [0.717, 1.165) is 61.6 Å². The third-order valence-corrected chi connectivity index (χ3v) is 5.07. The van der Waals surface area contributed by atoms with Crippen LogP contribution >= 0.6 is 0 Å². The fourth-order valence-corrected chi connectivity index (χ4v) is 3.64. The predicted molar refractivity (Wildman–Crippen MR) is 100 cm³/mol. The van der Waals surface area contributed by atoms with Gasteiger partial charge in [-0.2, -0.15) is 0 Å². The van der Waals surface area contributed by atoms with Crippen molar-refractivity contribution in [2.75, 3.05) is 0 Å². The number of aryl methyl sites for hydroxylation is 2. The number of hydrogen-bond donors (Lipinski definition) is 3. The van der Waals surface area contributed by atoms with Gasteiger partial charge in [-0.05, 0) is 55.2 Å². The minimum absolute atomic E-state index is 0.0205. The molecule has 6 nitrogen and oxygen atoms in total. The van der Waals surface area contributed by atoms with Gasteiger partial charge in [-0.1, -0.05) is 6.42 Å². The molecule has 2 aliphatic carbocycles. The van der Waals surface area contributed by atoms with Crippen molar-refractivity contribution in [1.82, 2.24) is 9.97 Å². The van der Waals surface area contributed by atoms with Crippen LogP contribution in [0.25, 0.3) is 0 Å². The fourth-order valence-electron chi connectivity index (χ4n) is 3.64. The molecule has 138 valence electrons. The highest BCUT2D eigenvalue weighted by Crippen LogP contribution is 2.24. The Kier molecular flexibility index (Phi) is 5.83. The molecule has 1 unspecified atom stereocenters. The highest BCUT2D eigenvalue weighted by atomic mass is 16.1. The van der Waals surface area contributed by atoms with E-state index in [1.807, 2.05) is 0 Å². The number of hydrogen-bond acceptors (Lipinski definition) is 4. The third kappa shape index (κ3) is 4.38. The fraction of sp³-hybridized carbons (Fsp3) is 0.450. The second-order valence-corrected chi connectivity index (χ2v) is 7.00. The average Bonchev–Trinajstić information content (AvgIpc) is 2.91. The van der Waals surface area contributed by atoms with Gasteiger partial charge in [-0.15, -0.1) is 0 Å². The summed E-state index contributed by atoms with van der Waals surface area (Å²) in [6, 6.07) is 3.33. The first-order chi connectivity index (χ1) is 12.5. The van der Waals surface area contributed by atoms with Crippen molar-refractivity contribution in [3.05, 3.63) is 67.5 Å². The summed E-state index contributed by atoms with van der Waals surface area (Å²) in [5.41, 5.74) is 9.71. The maximum atomic E-state index is 11.5. The molecule has 0 spiro atoms. The average molecular weight is 355 g/mol. The van der Waals surface area contributed by atoms with Gasteiger partial charge in [0.25, 0.3) is 0 Å². The van der Waals surface area contributed by atoms with Crippen LogP contribution in [0.1, 0.15) is 71.6 Å². The van der Waals surface area contributed by atoms with Crippen LogP contribution in [0.5, 0.6) is 0 Å². The first kappa shape index (κ1) is 18.3. The lowest BCUT2D eigenvalue weighted by Crippen LogP contribution is -2.14. The SMILES string of the molecule is NC1CCCCc2cc(=O)[nH]cc21.O=C1CCCCc2cc(=O)[nH]cc21. The molecular formula is C20H25N3O3. The van der Waals surface area contributed by atoms with Gasteiger partial charge < -0.3 is 15.7 Å². The molecular weight excluding hydrogens is 330 g/mol. The van der Waals surface area contributed by atoms with E-state index in [1.165, 1.54) is 0 Å². The van der Waals surface area contributed by atoms with Gasteiger partial charge in [0.1, 0.15) is 0 Å². The zero-order valence-electron chi connectivity index (χ0n) is 14.8. The minimum Gasteiger partial charge on any atom is -0.329 e. The van der Waals surface area contributed by atoms with Crippen molar-refractivity contribution in [3.63, 3.8) is 0 Å². The molecule has 2 aliphatic rings. The number of nitrogens with one attached hydrogen (secondary N) is 2. The Bertz CT molecular complexity index is 898. The predicted octanol–water partition coefficient (Wildman–Crippen LogP) is 2.39. The minimum atomic E-state index is -0.117. The first-order valence-corrected chi connectivity index (χ1v) is 9.26. The Morgan fingerprint density at radius 3 is 2.23 bits per heavy atom. The van der Waals surface area contributed by atoms with Crippen LogP contribution in [-0.4, -0.2) is 15.8 Å². The molecule has 0 radical (unpaired) electrons. The number of H-pyrrole nitrogens is 2. The number of nitrogens with two attached hydrogens (primary N) is 1. The van der Waals surface area contributed by atoms with Gasteiger partial charge in [-0.25, -0.2) is 0 Å². The highest BCUT2D eigenvalue weighted by molar-refractivity contribution is 5.97. The molecule has 0 saturated carbocycles. The maximum absolute atomic E-state index is 11.5. The Hall–Kier alpha value is -2.47. The molecule has 2 aromatic heterocycles. The Balaban J connectivity index is 0.000000151. The van der Waals surface area contributed by atoms with Crippen LogP contribution in [0.4, 0.5) is 0 Å². The van der Waals surface area contributed by atoms with Crippen molar-refractivity contribution >= 4 is 5.78 Å². The van der Waals surface area contributed by atoms with Gasteiger partial charge in [0.05, 0.1) is 0 Å². The second-order valence-electron chi connectivity index (χ2n) is 7.00. The van der Waals surface area contributed by atoms with E-state index in [4.69, 9.17) is 5.73 Å². The van der Waals surface area contributed by atoms with Gasteiger partial charge in [-0.3, -0.25) is 14.4 Å². The van der Waals surface area contributed by atoms with E-state index in [2.05, 4.69) is 9.97 Å². The molecule has 0 amide bonds. The summed E-state index contributed by atoms with van der Waals surface area (Å²) in [5.74, 6) is 0.156. The molecule has 6 heteroatoms. The van der Waals surface area contributed by atoms with Gasteiger partial charge in [0.15, 0.2) is 5.78 Å². The lowest BCUT2D eigenvalue weighted by Gasteiger charge is -2.10. The number of carbonyl (C=O) groups is 1. The van der Waals surface area contributed by atoms with Crippen LogP contribution in [0.2, 0.25) is 0 Å². The Morgan fingerprint density at radius 1 is 0.808 bits per heavy atom. The number of fused-ring (bicyclic) bond motifs is 2. The van der Waals surface area contributed by atoms with Crippen molar-refractivity contribution in [1.29, 1.82) is 0 Å². The normalized spacial score (nSPS) is 19.3. The number of carbonyl (C=O) groups excluding carboxylic acids is 1. The first-order valence-electron chi connectivity index (χ1n) is 9.26. The number of aromatic amines is 2. The molecule has 2 heterocycles. The molecule has 0 fully saturated rings. The topological polar surface area (TPSA) is 109 Å². The summed E-state index contributed by atoms with van der Waals surface area (Å²) in [6.07, 6.45) is 11.0.